The molecule has 0 aliphatic heterocycles. The van der Waals surface area contributed by atoms with Crippen LogP contribution in [0.2, 0.25) is 0 Å². The zero-order valence-electron chi connectivity index (χ0n) is 12.3. The summed E-state index contributed by atoms with van der Waals surface area (Å²) < 4.78 is 49.5. The fourth-order valence-electron chi connectivity index (χ4n) is 1.67. The molecule has 0 spiro atoms. The summed E-state index contributed by atoms with van der Waals surface area (Å²) in [6.45, 7) is 1.48. The maximum Gasteiger partial charge on any atom is 0.343 e. The molecule has 0 radical (unpaired) electrons. The highest BCUT2D eigenvalue weighted by Gasteiger charge is 2.21. The van der Waals surface area contributed by atoms with E-state index in [4.69, 9.17) is 4.74 Å². The lowest BCUT2D eigenvalue weighted by Gasteiger charge is -2.08. The first kappa shape index (κ1) is 17.3. The molecule has 0 unspecified atom stereocenters. The Kier molecular flexibility index (Phi) is 5.35. The Labute approximate surface area is 133 Å². The Morgan fingerprint density at radius 2 is 2.04 bits per heavy atom. The van der Waals surface area contributed by atoms with Gasteiger partial charge in [-0.2, -0.15) is 0 Å². The Balaban J connectivity index is 2.53. The molecule has 0 amide bonds. The van der Waals surface area contributed by atoms with Crippen molar-refractivity contribution in [1.82, 2.24) is 5.16 Å². The SMILES string of the molecule is CCOC(=O)C(C=Nc1ccno1)=C(O)c1cc(F)c(F)cc1F. The third kappa shape index (κ3) is 3.80. The standard InChI is InChI=1S/C15H11F3N2O4/c1-2-23-15(22)9(7-19-13-3-4-20-24-13)14(21)8-5-11(17)12(18)6-10(8)16/h3-7,21H,2H2,1H3. The van der Waals surface area contributed by atoms with Crippen molar-refractivity contribution >= 4 is 23.8 Å². The summed E-state index contributed by atoms with van der Waals surface area (Å²) in [7, 11) is 0. The van der Waals surface area contributed by atoms with Crippen LogP contribution in [-0.4, -0.2) is 29.1 Å². The third-order valence-corrected chi connectivity index (χ3v) is 2.76. The largest absolute Gasteiger partial charge is 0.506 e. The average molecular weight is 340 g/mol. The fraction of sp³-hybridized carbons (Fsp3) is 0.133. The van der Waals surface area contributed by atoms with Gasteiger partial charge in [-0.05, 0) is 13.0 Å². The molecular weight excluding hydrogens is 329 g/mol. The highest BCUT2D eigenvalue weighted by Crippen LogP contribution is 2.23. The zero-order valence-corrected chi connectivity index (χ0v) is 12.3. The Morgan fingerprint density at radius 3 is 2.67 bits per heavy atom. The molecule has 24 heavy (non-hydrogen) atoms. The molecular formula is C15H11F3N2O4. The lowest BCUT2D eigenvalue weighted by Crippen LogP contribution is -2.12. The van der Waals surface area contributed by atoms with Crippen molar-refractivity contribution in [2.45, 2.75) is 6.92 Å². The number of hydrogen-bond acceptors (Lipinski definition) is 6. The number of benzene rings is 1. The molecule has 2 aromatic rings. The van der Waals surface area contributed by atoms with Gasteiger partial charge < -0.3 is 14.4 Å². The molecule has 1 aromatic carbocycles. The lowest BCUT2D eigenvalue weighted by atomic mass is 10.1. The molecule has 0 aliphatic rings. The summed E-state index contributed by atoms with van der Waals surface area (Å²) in [5.41, 5.74) is -1.29. The molecule has 2 rings (SSSR count). The van der Waals surface area contributed by atoms with Crippen molar-refractivity contribution in [1.29, 1.82) is 0 Å². The summed E-state index contributed by atoms with van der Waals surface area (Å²) in [5, 5.41) is 13.5. The second kappa shape index (κ2) is 7.44. The predicted octanol–water partition coefficient (Wildman–Crippen LogP) is 3.33. The number of rotatable bonds is 5. The van der Waals surface area contributed by atoms with Crippen LogP contribution in [0.15, 0.2) is 39.5 Å². The number of esters is 1. The van der Waals surface area contributed by atoms with Gasteiger partial charge >= 0.3 is 5.97 Å². The summed E-state index contributed by atoms with van der Waals surface area (Å²) in [4.78, 5) is 15.6. The van der Waals surface area contributed by atoms with E-state index in [-0.39, 0.29) is 18.6 Å². The molecule has 0 aliphatic carbocycles. The molecule has 0 atom stereocenters. The summed E-state index contributed by atoms with van der Waals surface area (Å²) in [6.07, 6.45) is 2.13. The quantitative estimate of drug-likeness (QED) is 0.297. The first-order chi connectivity index (χ1) is 11.4. The molecule has 126 valence electrons. The zero-order chi connectivity index (χ0) is 17.7. The van der Waals surface area contributed by atoms with E-state index in [9.17, 15) is 23.1 Å². The number of nitrogens with zero attached hydrogens (tertiary/aromatic N) is 2. The van der Waals surface area contributed by atoms with Crippen molar-refractivity contribution in [2.75, 3.05) is 6.61 Å². The minimum absolute atomic E-state index is 0.00430. The minimum Gasteiger partial charge on any atom is -0.506 e. The van der Waals surface area contributed by atoms with Crippen LogP contribution in [0.25, 0.3) is 5.76 Å². The molecule has 9 heteroatoms. The van der Waals surface area contributed by atoms with Gasteiger partial charge in [0, 0.05) is 18.3 Å². The molecule has 1 N–H and O–H groups in total. The van der Waals surface area contributed by atoms with Crippen molar-refractivity contribution in [2.24, 2.45) is 4.99 Å². The number of carbonyl (C=O) groups is 1. The summed E-state index contributed by atoms with van der Waals surface area (Å²) in [5.74, 6) is -6.10. The van der Waals surface area contributed by atoms with Crippen LogP contribution in [0.4, 0.5) is 19.1 Å². The highest BCUT2D eigenvalue weighted by atomic mass is 19.2. The minimum atomic E-state index is -1.43. The molecule has 0 saturated carbocycles. The predicted molar refractivity (Wildman–Crippen MR) is 77.2 cm³/mol. The number of hydrogen-bond donors (Lipinski definition) is 1. The monoisotopic (exact) mass is 340 g/mol. The highest BCUT2D eigenvalue weighted by molar-refractivity contribution is 6.15. The second-order valence-electron chi connectivity index (χ2n) is 4.34. The van der Waals surface area contributed by atoms with Gasteiger partial charge in [0.2, 0.25) is 5.88 Å². The van der Waals surface area contributed by atoms with E-state index in [1.54, 1.807) is 0 Å². The van der Waals surface area contributed by atoms with Gasteiger partial charge in [0.25, 0.3) is 0 Å². The van der Waals surface area contributed by atoms with E-state index in [1.807, 2.05) is 0 Å². The van der Waals surface area contributed by atoms with Crippen LogP contribution >= 0.6 is 0 Å². The van der Waals surface area contributed by atoms with E-state index in [1.165, 1.54) is 19.2 Å². The topological polar surface area (TPSA) is 84.9 Å². The van der Waals surface area contributed by atoms with E-state index < -0.39 is 40.3 Å². The first-order valence-electron chi connectivity index (χ1n) is 6.64. The molecule has 0 saturated heterocycles. The molecule has 0 fully saturated rings. The van der Waals surface area contributed by atoms with Crippen LogP contribution in [-0.2, 0) is 9.53 Å². The Morgan fingerprint density at radius 1 is 1.33 bits per heavy atom. The number of carbonyl (C=O) groups excluding carboxylic acids is 1. The average Bonchev–Trinajstić information content (AvgIpc) is 3.04. The van der Waals surface area contributed by atoms with Crippen LogP contribution in [0, 0.1) is 17.5 Å². The maximum atomic E-state index is 13.8. The van der Waals surface area contributed by atoms with Gasteiger partial charge in [0.15, 0.2) is 11.6 Å². The summed E-state index contributed by atoms with van der Waals surface area (Å²) in [6, 6.07) is 2.02. The van der Waals surface area contributed by atoms with Crippen LogP contribution in [0.1, 0.15) is 12.5 Å². The number of aliphatic hydroxyl groups excluding tert-OH is 1. The number of ether oxygens (including phenoxy) is 1. The van der Waals surface area contributed by atoms with Crippen LogP contribution in [0.3, 0.4) is 0 Å². The fourth-order valence-corrected chi connectivity index (χ4v) is 1.67. The lowest BCUT2D eigenvalue weighted by molar-refractivity contribution is -0.137. The second-order valence-corrected chi connectivity index (χ2v) is 4.34. The Bertz CT molecular complexity index is 801. The van der Waals surface area contributed by atoms with Gasteiger partial charge in [-0.3, -0.25) is 0 Å². The van der Waals surface area contributed by atoms with Crippen molar-refractivity contribution in [3.8, 4) is 0 Å². The Hall–Kier alpha value is -3.10. The van der Waals surface area contributed by atoms with Crippen molar-refractivity contribution in [3.05, 3.63) is 53.0 Å². The van der Waals surface area contributed by atoms with E-state index >= 15 is 0 Å². The van der Waals surface area contributed by atoms with Crippen molar-refractivity contribution in [3.63, 3.8) is 0 Å². The summed E-state index contributed by atoms with van der Waals surface area (Å²) >= 11 is 0. The molecule has 1 aromatic heterocycles. The maximum absolute atomic E-state index is 13.8. The van der Waals surface area contributed by atoms with Crippen molar-refractivity contribution < 1.29 is 32.3 Å². The number of aliphatic hydroxyl groups is 1. The smallest absolute Gasteiger partial charge is 0.343 e. The normalized spacial score (nSPS) is 12.3. The van der Waals surface area contributed by atoms with Gasteiger partial charge in [-0.1, -0.05) is 5.16 Å². The first-order valence-corrected chi connectivity index (χ1v) is 6.64. The molecule has 1 heterocycles. The molecule has 0 bridgehead atoms. The van der Waals surface area contributed by atoms with Gasteiger partial charge in [-0.15, -0.1) is 0 Å². The number of aromatic nitrogens is 1. The van der Waals surface area contributed by atoms with Gasteiger partial charge in [-0.25, -0.2) is 23.0 Å². The van der Waals surface area contributed by atoms with E-state index in [2.05, 4.69) is 14.7 Å². The number of halogens is 3. The van der Waals surface area contributed by atoms with E-state index in [0.29, 0.717) is 6.07 Å². The van der Waals surface area contributed by atoms with Crippen LogP contribution in [0.5, 0.6) is 0 Å². The van der Waals surface area contributed by atoms with Crippen LogP contribution < -0.4 is 0 Å². The number of aliphatic imine (C=N–C) groups is 1. The van der Waals surface area contributed by atoms with Gasteiger partial charge in [0.1, 0.15) is 17.1 Å². The third-order valence-electron chi connectivity index (χ3n) is 2.76. The van der Waals surface area contributed by atoms with Gasteiger partial charge in [0.05, 0.1) is 18.4 Å². The van der Waals surface area contributed by atoms with E-state index in [0.717, 1.165) is 6.21 Å². The molecule has 6 nitrogen and oxygen atoms in total.